The predicted octanol–water partition coefficient (Wildman–Crippen LogP) is 10.1. The summed E-state index contributed by atoms with van der Waals surface area (Å²) in [5, 5.41) is 136. The number of rotatable bonds is 62. The Kier molecular flexibility index (Phi) is 52.2. The first-order valence-corrected chi connectivity index (χ1v) is 39.9. The summed E-state index contributed by atoms with van der Waals surface area (Å²) in [7, 11) is 0. The molecule has 3 rings (SSSR count). The Morgan fingerprint density at radius 2 is 0.960 bits per heavy atom. The van der Waals surface area contributed by atoms with Crippen LogP contribution in [0.2, 0.25) is 0 Å². The van der Waals surface area contributed by atoms with Crippen molar-refractivity contribution in [3.05, 3.63) is 36.5 Å². The second kappa shape index (κ2) is 57.2. The highest BCUT2D eigenvalue weighted by atomic mass is 16.8. The molecule has 14 N–H and O–H groups in total. The van der Waals surface area contributed by atoms with Crippen LogP contribution in [0.25, 0.3) is 0 Å². The van der Waals surface area contributed by atoms with Gasteiger partial charge in [0.15, 0.2) is 12.6 Å². The van der Waals surface area contributed by atoms with Gasteiger partial charge in [-0.15, -0.1) is 0 Å². The van der Waals surface area contributed by atoms with E-state index >= 15 is 0 Å². The minimum absolute atomic E-state index is 0.195. The fourth-order valence-electron chi connectivity index (χ4n) is 13.7. The highest BCUT2D eigenvalue weighted by Crippen LogP contribution is 2.39. The summed E-state index contributed by atoms with van der Waals surface area (Å²) < 4.78 is 34.9. The van der Waals surface area contributed by atoms with E-state index < -0.39 is 155 Å². The Morgan fingerprint density at radius 3 is 1.40 bits per heavy atom. The molecule has 590 valence electrons. The van der Waals surface area contributed by atoms with Crippen LogP contribution < -0.4 is 10.6 Å². The van der Waals surface area contributed by atoms with Crippen LogP contribution in [0.3, 0.4) is 0 Å². The molecule has 0 saturated carbocycles. The number of carboxylic acid groups (broad SMARTS) is 1. The van der Waals surface area contributed by atoms with Crippen molar-refractivity contribution in [2.24, 2.45) is 0 Å². The van der Waals surface area contributed by atoms with Crippen LogP contribution in [0.15, 0.2) is 36.5 Å². The number of carboxylic acids is 1. The van der Waals surface area contributed by atoms with Crippen molar-refractivity contribution in [2.45, 2.75) is 413 Å². The quantitative estimate of drug-likeness (QED) is 0.0199. The number of unbranched alkanes of at least 4 members (excludes halogenated alkanes) is 38. The molecule has 18 unspecified atom stereocenters. The molecule has 101 heavy (non-hydrogen) atoms. The van der Waals surface area contributed by atoms with E-state index in [0.717, 1.165) is 64.7 Å². The Balaban J connectivity index is 1.54. The van der Waals surface area contributed by atoms with Crippen molar-refractivity contribution in [3.63, 3.8) is 0 Å². The molecular weight excluding hydrogens is 1300 g/mol. The first-order chi connectivity index (χ1) is 48.9. The maximum absolute atomic E-state index is 13.5. The Morgan fingerprint density at radius 1 is 0.525 bits per heavy atom. The number of carbonyl (C=O) groups excluding carboxylic acids is 2. The number of aliphatic carboxylic acids is 1. The number of amides is 2. The second-order valence-corrected chi connectivity index (χ2v) is 28.9. The first kappa shape index (κ1) is 92.2. The molecule has 0 aromatic rings. The SMILES string of the molecule is CCCCCCCCCCC/C=C\C/C=C\CCCCCCCCCCCC(=O)NC(COC1OC(CO)C(OC2OC(CO)C(O)C(OC3(C(=O)O)CC(O)C(NC(C)=O)C(C(O)C(O)CO)O3)C2O)C(O)C1O)C(O)/C=C/CCCCCCCCCCCCCCCCCCCCCC. The molecule has 23 heteroatoms. The van der Waals surface area contributed by atoms with Crippen LogP contribution in [0.1, 0.15) is 303 Å². The zero-order valence-corrected chi connectivity index (χ0v) is 62.3. The third-order valence-electron chi connectivity index (χ3n) is 20.1. The molecule has 3 aliphatic heterocycles. The Labute approximate surface area is 606 Å². The van der Waals surface area contributed by atoms with Crippen molar-refractivity contribution < 1.29 is 104 Å². The molecule has 3 fully saturated rings. The number of aliphatic hydroxyl groups is 11. The summed E-state index contributed by atoms with van der Waals surface area (Å²) >= 11 is 0. The maximum Gasteiger partial charge on any atom is 0.364 e. The molecule has 3 heterocycles. The Hall–Kier alpha value is -3.05. The number of ether oxygens (including phenoxy) is 6. The zero-order chi connectivity index (χ0) is 73.9. The minimum atomic E-state index is -3.08. The van der Waals surface area contributed by atoms with Gasteiger partial charge in [0.25, 0.3) is 5.79 Å². The van der Waals surface area contributed by atoms with Gasteiger partial charge >= 0.3 is 5.97 Å². The molecule has 23 nitrogen and oxygen atoms in total. The fraction of sp³-hybridized carbons (Fsp3) is 0.885. The van der Waals surface area contributed by atoms with E-state index in [2.05, 4.69) is 48.8 Å². The van der Waals surface area contributed by atoms with Crippen LogP contribution in [0.5, 0.6) is 0 Å². The van der Waals surface area contributed by atoms with Crippen molar-refractivity contribution in [2.75, 3.05) is 26.4 Å². The molecule has 3 saturated heterocycles. The average molecular weight is 1440 g/mol. The van der Waals surface area contributed by atoms with Gasteiger partial charge in [-0.25, -0.2) is 4.79 Å². The normalized spacial score (nSPS) is 27.0. The van der Waals surface area contributed by atoms with E-state index in [-0.39, 0.29) is 12.3 Å². The third-order valence-corrected chi connectivity index (χ3v) is 20.1. The molecule has 0 radical (unpaired) electrons. The van der Waals surface area contributed by atoms with Gasteiger partial charge in [-0.2, -0.15) is 0 Å². The van der Waals surface area contributed by atoms with Crippen LogP contribution in [0.4, 0.5) is 0 Å². The summed E-state index contributed by atoms with van der Waals surface area (Å²) in [6, 6.07) is -2.62. The summed E-state index contributed by atoms with van der Waals surface area (Å²) in [6.07, 6.45) is 34.6. The van der Waals surface area contributed by atoms with Gasteiger partial charge in [0.2, 0.25) is 11.8 Å². The van der Waals surface area contributed by atoms with Crippen molar-refractivity contribution >= 4 is 17.8 Å². The van der Waals surface area contributed by atoms with Gasteiger partial charge in [0.05, 0.1) is 50.7 Å². The smallest absolute Gasteiger partial charge is 0.364 e. The lowest BCUT2D eigenvalue weighted by molar-refractivity contribution is -0.386. The topological polar surface area (TPSA) is 373 Å². The standard InChI is InChI=1S/C78H142N2O21/c1-4-6-8-10-12-14-16-18-20-22-24-26-28-29-30-32-34-36-38-40-42-44-46-48-50-52-65(88)80-59(60(85)51-49-47-45-43-41-39-37-35-33-31-27-25-23-21-19-17-15-13-11-9-7-5-2)57-96-75-70(92)69(91)72(64(56-83)98-75)99-76-71(93)74(68(90)63(55-82)97-76)101-78(77(94)95)53-61(86)66(79-58(3)84)73(100-78)67(89)62(87)54-81/h24,26,29-30,49,51,59-64,66-76,81-83,85-87,89-93H,4-23,25,27-28,31-48,50,52-57H2,1-3H3,(H,79,84)(H,80,88)(H,94,95)/b26-24-,30-29-,51-49+. The molecule has 0 aromatic heterocycles. The van der Waals surface area contributed by atoms with Gasteiger partial charge in [0.1, 0.15) is 67.1 Å². The zero-order valence-electron chi connectivity index (χ0n) is 62.3. The van der Waals surface area contributed by atoms with E-state index in [9.17, 15) is 75.7 Å². The highest BCUT2D eigenvalue weighted by molar-refractivity contribution is 5.77. The lowest BCUT2D eigenvalue weighted by atomic mass is 9.88. The number of hydrogen-bond acceptors (Lipinski definition) is 20. The van der Waals surface area contributed by atoms with Gasteiger partial charge in [0, 0.05) is 19.8 Å². The van der Waals surface area contributed by atoms with Crippen molar-refractivity contribution in [1.82, 2.24) is 10.6 Å². The number of nitrogens with one attached hydrogen (secondary N) is 2. The van der Waals surface area contributed by atoms with Crippen molar-refractivity contribution in [1.29, 1.82) is 0 Å². The minimum Gasteiger partial charge on any atom is -0.477 e. The number of hydrogen-bond donors (Lipinski definition) is 14. The average Bonchev–Trinajstić information content (AvgIpc) is 0.756. The van der Waals surface area contributed by atoms with E-state index in [0.29, 0.717) is 12.8 Å². The summed E-state index contributed by atoms with van der Waals surface area (Å²) in [5.74, 6) is -6.15. The van der Waals surface area contributed by atoms with Crippen LogP contribution >= 0.6 is 0 Å². The molecule has 18 atom stereocenters. The van der Waals surface area contributed by atoms with E-state index in [1.165, 1.54) is 199 Å². The van der Waals surface area contributed by atoms with Gasteiger partial charge < -0.3 is 100 Å². The predicted molar refractivity (Wildman–Crippen MR) is 389 cm³/mol. The van der Waals surface area contributed by atoms with Crippen LogP contribution in [0, 0.1) is 0 Å². The van der Waals surface area contributed by atoms with Crippen LogP contribution in [-0.4, -0.2) is 215 Å². The van der Waals surface area contributed by atoms with Crippen LogP contribution in [-0.2, 0) is 42.8 Å². The summed E-state index contributed by atoms with van der Waals surface area (Å²) in [6.45, 7) is 2.17. The lowest BCUT2D eigenvalue weighted by Crippen LogP contribution is -2.70. The molecule has 3 aliphatic rings. The number of aliphatic hydroxyl groups excluding tert-OH is 11. The van der Waals surface area contributed by atoms with Gasteiger partial charge in [-0.3, -0.25) is 9.59 Å². The van der Waals surface area contributed by atoms with E-state index in [4.69, 9.17) is 28.4 Å². The molecule has 0 bridgehead atoms. The van der Waals surface area contributed by atoms with Crippen molar-refractivity contribution in [3.8, 4) is 0 Å². The largest absolute Gasteiger partial charge is 0.477 e. The number of allylic oxidation sites excluding steroid dienone is 5. The van der Waals surface area contributed by atoms with Gasteiger partial charge in [-0.05, 0) is 51.4 Å². The van der Waals surface area contributed by atoms with Gasteiger partial charge in [-0.1, -0.05) is 269 Å². The molecular formula is C78H142N2O21. The molecule has 0 spiro atoms. The van der Waals surface area contributed by atoms with E-state index in [1.54, 1.807) is 6.08 Å². The summed E-state index contributed by atoms with van der Waals surface area (Å²) in [5.41, 5.74) is 0. The fourth-order valence-corrected chi connectivity index (χ4v) is 13.7. The maximum atomic E-state index is 13.5. The third kappa shape index (κ3) is 37.9. The number of carbonyl (C=O) groups is 3. The first-order valence-electron chi connectivity index (χ1n) is 39.9. The summed E-state index contributed by atoms with van der Waals surface area (Å²) in [4.78, 5) is 38.7. The molecule has 0 aromatic carbocycles. The van der Waals surface area contributed by atoms with E-state index in [1.807, 2.05) is 6.08 Å². The highest BCUT2D eigenvalue weighted by Gasteiger charge is 2.60. The lowest BCUT2D eigenvalue weighted by Gasteiger charge is -2.50. The molecule has 2 amide bonds. The molecule has 0 aliphatic carbocycles. The Bertz CT molecular complexity index is 2160. The second-order valence-electron chi connectivity index (χ2n) is 28.9. The monoisotopic (exact) mass is 1440 g/mol.